The Balaban J connectivity index is 1.65. The van der Waals surface area contributed by atoms with Gasteiger partial charge in [-0.15, -0.1) is 0 Å². The van der Waals surface area contributed by atoms with E-state index in [9.17, 15) is 23.6 Å². The summed E-state index contributed by atoms with van der Waals surface area (Å²) in [6.45, 7) is 2.86. The molecule has 37 heavy (non-hydrogen) atoms. The summed E-state index contributed by atoms with van der Waals surface area (Å²) in [5.74, 6) is -2.46. The van der Waals surface area contributed by atoms with Gasteiger partial charge in [-0.1, -0.05) is 54.6 Å². The molecule has 3 atom stereocenters. The number of halogens is 1. The predicted molar refractivity (Wildman–Crippen MR) is 137 cm³/mol. The van der Waals surface area contributed by atoms with Gasteiger partial charge in [-0.2, -0.15) is 0 Å². The van der Waals surface area contributed by atoms with Crippen molar-refractivity contribution in [1.82, 2.24) is 0 Å². The average Bonchev–Trinajstić information content (AvgIpc) is 3.31. The minimum Gasteiger partial charge on any atom is -0.352 e. The van der Waals surface area contributed by atoms with E-state index in [0.29, 0.717) is 33.6 Å². The van der Waals surface area contributed by atoms with Crippen LogP contribution in [0.1, 0.15) is 51.6 Å². The smallest absolute Gasteiger partial charge is 0.221 e. The molecule has 0 unspecified atom stereocenters. The first-order chi connectivity index (χ1) is 17.8. The lowest BCUT2D eigenvalue weighted by Gasteiger charge is -2.37. The quantitative estimate of drug-likeness (QED) is 0.529. The number of anilines is 2. The molecule has 1 spiro atoms. The molecule has 3 aromatic carbocycles. The third kappa shape index (κ3) is 3.03. The van der Waals surface area contributed by atoms with Crippen LogP contribution in [0.3, 0.4) is 0 Å². The van der Waals surface area contributed by atoms with E-state index in [2.05, 4.69) is 5.32 Å². The Hall–Kier alpha value is -4.39. The third-order valence-electron chi connectivity index (χ3n) is 7.80. The standard InChI is InChI=1S/C30H23FN2O4/c1-16(34)27-26(18-10-12-19(31)13-11-18)30(28(36)20-6-3-4-7-21(20)29(30)37)25-15-14-22-23(32-17(2)35)8-5-9-24(22)33(25)27/h3-15,25-27H,1-2H3,(H,32,35)/t25-,26+,27+/m0/s1. The summed E-state index contributed by atoms with van der Waals surface area (Å²) >= 11 is 0. The monoisotopic (exact) mass is 494 g/mol. The Labute approximate surface area is 212 Å². The van der Waals surface area contributed by atoms with Crippen molar-refractivity contribution in [3.63, 3.8) is 0 Å². The summed E-state index contributed by atoms with van der Waals surface area (Å²) < 4.78 is 14.0. The minimum absolute atomic E-state index is 0.223. The third-order valence-corrected chi connectivity index (χ3v) is 7.80. The molecule has 3 aliphatic rings. The van der Waals surface area contributed by atoms with Crippen LogP contribution in [0.2, 0.25) is 0 Å². The fourth-order valence-corrected chi connectivity index (χ4v) is 6.49. The van der Waals surface area contributed by atoms with Crippen molar-refractivity contribution in [3.05, 3.63) is 101 Å². The number of nitrogens with zero attached hydrogens (tertiary/aromatic N) is 1. The summed E-state index contributed by atoms with van der Waals surface area (Å²) in [6.07, 6.45) is 3.59. The van der Waals surface area contributed by atoms with Crippen LogP contribution in [0.5, 0.6) is 0 Å². The number of amides is 1. The number of rotatable bonds is 3. The van der Waals surface area contributed by atoms with Gasteiger partial charge in [0.2, 0.25) is 5.91 Å². The van der Waals surface area contributed by atoms with E-state index in [1.165, 1.54) is 26.0 Å². The molecule has 0 radical (unpaired) electrons. The maximum absolute atomic E-state index is 14.3. The zero-order valence-electron chi connectivity index (χ0n) is 20.2. The fourth-order valence-electron chi connectivity index (χ4n) is 6.49. The van der Waals surface area contributed by atoms with Crippen LogP contribution in [0.15, 0.2) is 72.8 Å². The van der Waals surface area contributed by atoms with E-state index in [1.54, 1.807) is 60.7 Å². The minimum atomic E-state index is -1.62. The second-order valence-electron chi connectivity index (χ2n) is 9.79. The highest BCUT2D eigenvalue weighted by Crippen LogP contribution is 2.61. The summed E-state index contributed by atoms with van der Waals surface area (Å²) in [4.78, 5) is 55.7. The Kier molecular flexibility index (Phi) is 5.02. The average molecular weight is 495 g/mol. The molecule has 7 heteroatoms. The highest BCUT2D eigenvalue weighted by atomic mass is 19.1. The van der Waals surface area contributed by atoms with Gasteiger partial charge in [0.15, 0.2) is 17.3 Å². The number of ketones is 3. The molecule has 1 aliphatic carbocycles. The van der Waals surface area contributed by atoms with Crippen molar-refractivity contribution >= 4 is 40.7 Å². The number of Topliss-reactive ketones (excluding diaryl/α,β-unsaturated/α-hetero) is 3. The molecule has 0 bridgehead atoms. The van der Waals surface area contributed by atoms with Crippen molar-refractivity contribution in [3.8, 4) is 0 Å². The van der Waals surface area contributed by atoms with Crippen LogP contribution in [0.25, 0.3) is 6.08 Å². The van der Waals surface area contributed by atoms with E-state index >= 15 is 0 Å². The van der Waals surface area contributed by atoms with Crippen molar-refractivity contribution in [2.24, 2.45) is 5.41 Å². The number of nitrogens with one attached hydrogen (secondary N) is 1. The van der Waals surface area contributed by atoms with Crippen molar-refractivity contribution in [2.45, 2.75) is 31.8 Å². The highest BCUT2D eigenvalue weighted by Gasteiger charge is 2.71. The van der Waals surface area contributed by atoms with Crippen molar-refractivity contribution < 1.29 is 23.6 Å². The number of hydrogen-bond acceptors (Lipinski definition) is 5. The summed E-state index contributed by atoms with van der Waals surface area (Å²) in [5.41, 5.74) is 1.47. The van der Waals surface area contributed by atoms with Gasteiger partial charge >= 0.3 is 0 Å². The van der Waals surface area contributed by atoms with Gasteiger partial charge in [0.05, 0.1) is 17.8 Å². The van der Waals surface area contributed by atoms with Gasteiger partial charge in [0.1, 0.15) is 11.2 Å². The first-order valence-corrected chi connectivity index (χ1v) is 12.1. The van der Waals surface area contributed by atoms with Crippen LogP contribution >= 0.6 is 0 Å². The highest BCUT2D eigenvalue weighted by molar-refractivity contribution is 6.32. The van der Waals surface area contributed by atoms with Gasteiger partial charge in [-0.05, 0) is 36.8 Å². The maximum Gasteiger partial charge on any atom is 0.221 e. The first-order valence-electron chi connectivity index (χ1n) is 12.1. The van der Waals surface area contributed by atoms with E-state index in [-0.39, 0.29) is 23.3 Å². The lowest BCUT2D eigenvalue weighted by atomic mass is 9.64. The summed E-state index contributed by atoms with van der Waals surface area (Å²) in [6, 6.07) is 16.1. The van der Waals surface area contributed by atoms with Crippen LogP contribution in [-0.4, -0.2) is 35.3 Å². The predicted octanol–water partition coefficient (Wildman–Crippen LogP) is 4.81. The van der Waals surface area contributed by atoms with Gasteiger partial charge in [-0.25, -0.2) is 4.39 Å². The zero-order chi connectivity index (χ0) is 26.1. The molecule has 1 saturated heterocycles. The lowest BCUT2D eigenvalue weighted by molar-refractivity contribution is -0.118. The molecule has 6 rings (SSSR count). The Morgan fingerprint density at radius 1 is 0.892 bits per heavy atom. The molecule has 0 saturated carbocycles. The van der Waals surface area contributed by atoms with E-state index < -0.39 is 29.2 Å². The molecule has 1 amide bonds. The topological polar surface area (TPSA) is 83.6 Å². The van der Waals surface area contributed by atoms with Crippen LogP contribution < -0.4 is 10.2 Å². The molecule has 1 fully saturated rings. The lowest BCUT2D eigenvalue weighted by Crippen LogP contribution is -2.48. The summed E-state index contributed by atoms with van der Waals surface area (Å²) in [5, 5.41) is 2.82. The van der Waals surface area contributed by atoms with Gasteiger partial charge < -0.3 is 10.2 Å². The molecular formula is C30H23FN2O4. The van der Waals surface area contributed by atoms with Crippen LogP contribution in [-0.2, 0) is 9.59 Å². The Bertz CT molecular complexity index is 1510. The van der Waals surface area contributed by atoms with E-state index in [1.807, 2.05) is 11.0 Å². The van der Waals surface area contributed by atoms with Crippen LogP contribution in [0, 0.1) is 11.2 Å². The van der Waals surface area contributed by atoms with Crippen molar-refractivity contribution in [1.29, 1.82) is 0 Å². The Morgan fingerprint density at radius 3 is 2.14 bits per heavy atom. The number of carbonyl (C=O) groups excluding carboxylic acids is 4. The zero-order valence-corrected chi connectivity index (χ0v) is 20.2. The van der Waals surface area contributed by atoms with E-state index in [0.717, 1.165) is 0 Å². The maximum atomic E-state index is 14.3. The second kappa shape index (κ2) is 8.06. The first kappa shape index (κ1) is 23.0. The van der Waals surface area contributed by atoms with Gasteiger partial charge in [-0.3, -0.25) is 19.2 Å². The molecular weight excluding hydrogens is 471 g/mol. The molecule has 184 valence electrons. The number of fused-ring (bicyclic) bond motifs is 5. The molecule has 1 N–H and O–H groups in total. The van der Waals surface area contributed by atoms with E-state index in [4.69, 9.17) is 0 Å². The number of hydrogen-bond donors (Lipinski definition) is 1. The van der Waals surface area contributed by atoms with Crippen molar-refractivity contribution in [2.75, 3.05) is 10.2 Å². The second-order valence-corrected chi connectivity index (χ2v) is 9.79. The molecule has 0 aromatic heterocycles. The SMILES string of the molecule is CC(=O)Nc1cccc2c1C=C[C@@H]1N2[C@H](C(C)=O)[C@@H](c2ccc(F)cc2)C12C(=O)c1ccccc1C2=O. The Morgan fingerprint density at radius 2 is 1.54 bits per heavy atom. The normalized spacial score (nSPS) is 22.6. The molecule has 3 aromatic rings. The largest absolute Gasteiger partial charge is 0.352 e. The molecule has 2 heterocycles. The number of carbonyl (C=O) groups is 4. The fraction of sp³-hybridized carbons (Fsp3) is 0.200. The van der Waals surface area contributed by atoms with Crippen LogP contribution in [0.4, 0.5) is 15.8 Å². The molecule has 6 nitrogen and oxygen atoms in total. The molecule has 2 aliphatic heterocycles. The number of benzene rings is 3. The summed E-state index contributed by atoms with van der Waals surface area (Å²) in [7, 11) is 0. The van der Waals surface area contributed by atoms with Gasteiger partial charge in [0, 0.05) is 35.2 Å². The van der Waals surface area contributed by atoms with Gasteiger partial charge in [0.25, 0.3) is 0 Å².